The number of benzene rings is 1. The molecule has 1 aliphatic rings. The van der Waals surface area contributed by atoms with Crippen LogP contribution in [0.5, 0.6) is 0 Å². The molecule has 0 radical (unpaired) electrons. The highest BCUT2D eigenvalue weighted by Gasteiger charge is 2.19. The molecule has 1 unspecified atom stereocenters. The van der Waals surface area contributed by atoms with Gasteiger partial charge in [-0.3, -0.25) is 9.69 Å². The number of hydrogen-bond acceptors (Lipinski definition) is 4. The van der Waals surface area contributed by atoms with Crippen LogP contribution in [0, 0.1) is 5.92 Å². The molecule has 1 N–H and O–H groups in total. The zero-order chi connectivity index (χ0) is 15.1. The van der Waals surface area contributed by atoms with Gasteiger partial charge in [-0.05, 0) is 49.5 Å². The standard InChI is InChI=1S/C16H23ClN2O2.ClH/c1-21-16(20)12-19(11-14-3-2-8-18-9-14)10-13-4-6-15(17)7-5-13;/h4-7,14,18H,2-3,8-12H2,1H3;1H. The van der Waals surface area contributed by atoms with Crippen molar-refractivity contribution in [1.29, 1.82) is 0 Å². The van der Waals surface area contributed by atoms with E-state index >= 15 is 0 Å². The maximum Gasteiger partial charge on any atom is 0.319 e. The van der Waals surface area contributed by atoms with Crippen molar-refractivity contribution in [1.82, 2.24) is 10.2 Å². The summed E-state index contributed by atoms with van der Waals surface area (Å²) in [7, 11) is 1.44. The summed E-state index contributed by atoms with van der Waals surface area (Å²) in [5.74, 6) is 0.406. The lowest BCUT2D eigenvalue weighted by Gasteiger charge is -2.29. The minimum atomic E-state index is -0.187. The average Bonchev–Trinajstić information content (AvgIpc) is 2.50. The summed E-state index contributed by atoms with van der Waals surface area (Å²) in [5.41, 5.74) is 1.16. The Hall–Kier alpha value is -0.810. The second-order valence-corrected chi connectivity index (χ2v) is 6.02. The molecule has 1 aromatic rings. The maximum absolute atomic E-state index is 11.6. The van der Waals surface area contributed by atoms with Crippen molar-refractivity contribution in [3.8, 4) is 0 Å². The Morgan fingerprint density at radius 2 is 2.14 bits per heavy atom. The van der Waals surface area contributed by atoms with E-state index in [0.29, 0.717) is 12.5 Å². The van der Waals surface area contributed by atoms with Crippen LogP contribution in [0.25, 0.3) is 0 Å². The lowest BCUT2D eigenvalue weighted by Crippen LogP contribution is -2.40. The number of piperidine rings is 1. The second kappa shape index (κ2) is 10.1. The molecule has 0 saturated carbocycles. The molecule has 0 bridgehead atoms. The third-order valence-corrected chi connectivity index (χ3v) is 4.07. The Labute approximate surface area is 143 Å². The van der Waals surface area contributed by atoms with Gasteiger partial charge in [0, 0.05) is 18.1 Å². The highest BCUT2D eigenvalue weighted by atomic mass is 35.5. The summed E-state index contributed by atoms with van der Waals surface area (Å²) >= 11 is 5.91. The van der Waals surface area contributed by atoms with Crippen LogP contribution >= 0.6 is 24.0 Å². The molecule has 1 saturated heterocycles. The zero-order valence-corrected chi connectivity index (χ0v) is 14.5. The monoisotopic (exact) mass is 346 g/mol. The number of esters is 1. The van der Waals surface area contributed by atoms with Gasteiger partial charge in [-0.2, -0.15) is 0 Å². The number of carbonyl (C=O) groups is 1. The number of methoxy groups -OCH3 is 1. The number of rotatable bonds is 6. The number of hydrogen-bond donors (Lipinski definition) is 1. The van der Waals surface area contributed by atoms with E-state index in [-0.39, 0.29) is 18.4 Å². The minimum absolute atomic E-state index is 0. The summed E-state index contributed by atoms with van der Waals surface area (Å²) in [6.07, 6.45) is 2.42. The highest BCUT2D eigenvalue weighted by molar-refractivity contribution is 6.30. The molecule has 1 aromatic carbocycles. The van der Waals surface area contributed by atoms with Crippen molar-refractivity contribution in [3.05, 3.63) is 34.9 Å². The van der Waals surface area contributed by atoms with E-state index in [2.05, 4.69) is 10.2 Å². The first-order chi connectivity index (χ1) is 10.2. The molecular weight excluding hydrogens is 323 g/mol. The first kappa shape index (κ1) is 19.2. The molecule has 0 aromatic heterocycles. The lowest BCUT2D eigenvalue weighted by atomic mass is 9.99. The van der Waals surface area contributed by atoms with E-state index in [1.54, 1.807) is 0 Å². The Bertz CT molecular complexity index is 448. The molecule has 1 atom stereocenters. The molecule has 1 aliphatic heterocycles. The van der Waals surface area contributed by atoms with Gasteiger partial charge in [0.15, 0.2) is 0 Å². The predicted molar refractivity (Wildman–Crippen MR) is 91.6 cm³/mol. The Kier molecular flexibility index (Phi) is 8.79. The van der Waals surface area contributed by atoms with Gasteiger partial charge in [0.2, 0.25) is 0 Å². The largest absolute Gasteiger partial charge is 0.468 e. The van der Waals surface area contributed by atoms with Gasteiger partial charge < -0.3 is 10.1 Å². The number of nitrogens with one attached hydrogen (secondary N) is 1. The van der Waals surface area contributed by atoms with Crippen molar-refractivity contribution in [2.75, 3.05) is 33.3 Å². The van der Waals surface area contributed by atoms with E-state index in [4.69, 9.17) is 16.3 Å². The Morgan fingerprint density at radius 3 is 2.73 bits per heavy atom. The zero-order valence-electron chi connectivity index (χ0n) is 12.9. The van der Waals surface area contributed by atoms with Gasteiger partial charge in [0.1, 0.15) is 0 Å². The fourth-order valence-corrected chi connectivity index (χ4v) is 2.85. The molecule has 6 heteroatoms. The topological polar surface area (TPSA) is 41.6 Å². The molecule has 0 spiro atoms. The van der Waals surface area contributed by atoms with Crippen LogP contribution in [0.1, 0.15) is 18.4 Å². The SMILES string of the molecule is COC(=O)CN(Cc1ccc(Cl)cc1)CC1CCCNC1.Cl. The first-order valence-electron chi connectivity index (χ1n) is 7.41. The molecule has 0 amide bonds. The van der Waals surface area contributed by atoms with Gasteiger partial charge in [-0.25, -0.2) is 0 Å². The molecule has 1 heterocycles. The molecule has 0 aliphatic carbocycles. The fourth-order valence-electron chi connectivity index (χ4n) is 2.73. The fraction of sp³-hybridized carbons (Fsp3) is 0.562. The number of nitrogens with zero attached hydrogens (tertiary/aromatic N) is 1. The van der Waals surface area contributed by atoms with Crippen molar-refractivity contribution < 1.29 is 9.53 Å². The van der Waals surface area contributed by atoms with Crippen molar-refractivity contribution in [2.24, 2.45) is 5.92 Å². The average molecular weight is 347 g/mol. The molecule has 124 valence electrons. The smallest absolute Gasteiger partial charge is 0.319 e. The first-order valence-corrected chi connectivity index (χ1v) is 7.79. The Morgan fingerprint density at radius 1 is 1.41 bits per heavy atom. The van der Waals surface area contributed by atoms with E-state index in [1.807, 2.05) is 24.3 Å². The van der Waals surface area contributed by atoms with Gasteiger partial charge >= 0.3 is 5.97 Å². The van der Waals surface area contributed by atoms with Gasteiger partial charge in [0.05, 0.1) is 13.7 Å². The Balaban J connectivity index is 0.00000242. The van der Waals surface area contributed by atoms with Crippen LogP contribution in [0.3, 0.4) is 0 Å². The summed E-state index contributed by atoms with van der Waals surface area (Å²) in [6, 6.07) is 7.78. The minimum Gasteiger partial charge on any atom is -0.468 e. The van der Waals surface area contributed by atoms with Crippen LogP contribution in [0.2, 0.25) is 5.02 Å². The highest BCUT2D eigenvalue weighted by Crippen LogP contribution is 2.15. The maximum atomic E-state index is 11.6. The third kappa shape index (κ3) is 6.53. The van der Waals surface area contributed by atoms with Gasteiger partial charge in [-0.1, -0.05) is 23.7 Å². The van der Waals surface area contributed by atoms with E-state index in [9.17, 15) is 4.79 Å². The molecule has 2 rings (SSSR count). The predicted octanol–water partition coefficient (Wildman–Crippen LogP) is 2.74. The summed E-state index contributed by atoms with van der Waals surface area (Å²) < 4.78 is 4.81. The van der Waals surface area contributed by atoms with Crippen molar-refractivity contribution in [2.45, 2.75) is 19.4 Å². The van der Waals surface area contributed by atoms with Crippen LogP contribution in [0.4, 0.5) is 0 Å². The number of carbonyl (C=O) groups excluding carboxylic acids is 1. The van der Waals surface area contributed by atoms with Crippen molar-refractivity contribution >= 4 is 30.0 Å². The second-order valence-electron chi connectivity index (χ2n) is 5.58. The molecule has 22 heavy (non-hydrogen) atoms. The summed E-state index contributed by atoms with van der Waals surface area (Å²) in [4.78, 5) is 13.8. The molecular formula is C16H24Cl2N2O2. The van der Waals surface area contributed by atoms with Gasteiger partial charge in [0.25, 0.3) is 0 Å². The van der Waals surface area contributed by atoms with Crippen molar-refractivity contribution in [3.63, 3.8) is 0 Å². The summed E-state index contributed by atoms with van der Waals surface area (Å²) in [6.45, 7) is 4.10. The van der Waals surface area contributed by atoms with E-state index in [1.165, 1.54) is 20.0 Å². The van der Waals surface area contributed by atoms with Crippen LogP contribution in [0.15, 0.2) is 24.3 Å². The van der Waals surface area contributed by atoms with E-state index in [0.717, 1.165) is 36.8 Å². The molecule has 4 nitrogen and oxygen atoms in total. The van der Waals surface area contributed by atoms with Crippen LogP contribution in [-0.2, 0) is 16.1 Å². The normalized spacial score (nSPS) is 17.9. The summed E-state index contributed by atoms with van der Waals surface area (Å²) in [5, 5.41) is 4.15. The lowest BCUT2D eigenvalue weighted by molar-refractivity contribution is -0.142. The van der Waals surface area contributed by atoms with Crippen LogP contribution < -0.4 is 5.32 Å². The quantitative estimate of drug-likeness (QED) is 0.804. The molecule has 1 fully saturated rings. The third-order valence-electron chi connectivity index (χ3n) is 3.82. The number of halogens is 2. The van der Waals surface area contributed by atoms with E-state index < -0.39 is 0 Å². The number of ether oxygens (including phenoxy) is 1. The van der Waals surface area contributed by atoms with Gasteiger partial charge in [-0.15, -0.1) is 12.4 Å². The van der Waals surface area contributed by atoms with Crippen LogP contribution in [-0.4, -0.2) is 44.2 Å².